The van der Waals surface area contributed by atoms with E-state index in [0.29, 0.717) is 6.66 Å². The maximum Gasteiger partial charge on any atom is 0.479 e. The molecule has 114 valence electrons. The van der Waals surface area contributed by atoms with Gasteiger partial charge in [0.15, 0.2) is 9.84 Å². The van der Waals surface area contributed by atoms with Crippen molar-refractivity contribution in [1.82, 2.24) is 0 Å². The van der Waals surface area contributed by atoms with Crippen molar-refractivity contribution >= 4 is 25.3 Å². The van der Waals surface area contributed by atoms with E-state index in [1.54, 1.807) is 6.07 Å². The first-order chi connectivity index (χ1) is 9.02. The van der Waals surface area contributed by atoms with Crippen LogP contribution in [-0.4, -0.2) is 37.2 Å². The van der Waals surface area contributed by atoms with Gasteiger partial charge in [0.1, 0.15) is 0 Å². The molecule has 0 heterocycles. The molecule has 2 unspecified atom stereocenters. The Morgan fingerprint density at radius 1 is 1.15 bits per heavy atom. The second-order valence-corrected chi connectivity index (χ2v) is 9.38. The summed E-state index contributed by atoms with van der Waals surface area (Å²) in [7, 11) is -12.7. The number of hydrogen-bond acceptors (Lipinski definition) is 6. The molecule has 11 heteroatoms. The highest BCUT2D eigenvalue weighted by molar-refractivity contribution is 7.91. The van der Waals surface area contributed by atoms with Crippen LogP contribution in [0.4, 0.5) is 0 Å². The molecule has 0 bridgehead atoms. The van der Waals surface area contributed by atoms with E-state index >= 15 is 0 Å². The fraction of sp³-hybridized carbons (Fsp3) is 0.333. The van der Waals surface area contributed by atoms with Gasteiger partial charge in [-0.1, -0.05) is 18.2 Å². The van der Waals surface area contributed by atoms with Gasteiger partial charge in [-0.3, -0.25) is 9.09 Å². The highest BCUT2D eigenvalue weighted by Crippen LogP contribution is 2.57. The highest BCUT2D eigenvalue weighted by Gasteiger charge is 2.30. The third-order valence-corrected chi connectivity index (χ3v) is 6.20. The maximum absolute atomic E-state index is 11.8. The Balaban J connectivity index is 2.61. The van der Waals surface area contributed by atoms with E-state index in [9.17, 15) is 17.5 Å². The molecule has 2 N–H and O–H groups in total. The van der Waals surface area contributed by atoms with Crippen LogP contribution in [0.5, 0.6) is 0 Å². The zero-order valence-corrected chi connectivity index (χ0v) is 13.1. The Kier molecular flexibility index (Phi) is 5.69. The summed E-state index contributed by atoms with van der Waals surface area (Å²) in [6.07, 6.45) is 0. The minimum Gasteiger partial charge on any atom is -0.324 e. The van der Waals surface area contributed by atoms with Gasteiger partial charge in [-0.2, -0.15) is 0 Å². The number of hydrogen-bond donors (Lipinski definition) is 2. The lowest BCUT2D eigenvalue weighted by atomic mass is 10.4. The summed E-state index contributed by atoms with van der Waals surface area (Å²) in [5.41, 5.74) is 0. The molecule has 0 aliphatic heterocycles. The molecule has 20 heavy (non-hydrogen) atoms. The van der Waals surface area contributed by atoms with Crippen molar-refractivity contribution < 1.29 is 36.2 Å². The first-order valence-corrected chi connectivity index (χ1v) is 10.5. The number of phosphoric ester groups is 1. The zero-order chi connectivity index (χ0) is 15.4. The molecule has 1 aromatic carbocycles. The Bertz CT molecular complexity index is 635. The van der Waals surface area contributed by atoms with Gasteiger partial charge in [-0.25, -0.2) is 17.3 Å². The molecule has 1 aromatic rings. The van der Waals surface area contributed by atoms with Gasteiger partial charge in [0.05, 0.1) is 17.3 Å². The first kappa shape index (κ1) is 17.5. The molecule has 1 rings (SSSR count). The van der Waals surface area contributed by atoms with Crippen LogP contribution in [0, 0.1) is 0 Å². The van der Waals surface area contributed by atoms with Crippen molar-refractivity contribution in [2.24, 2.45) is 0 Å². The average Bonchev–Trinajstić information content (AvgIpc) is 2.26. The van der Waals surface area contributed by atoms with Crippen LogP contribution in [-0.2, 0) is 27.8 Å². The fourth-order valence-corrected chi connectivity index (χ4v) is 4.50. The minimum absolute atomic E-state index is 0.0422. The topological polar surface area (TPSA) is 127 Å². The van der Waals surface area contributed by atoms with E-state index in [0.717, 1.165) is 0 Å². The van der Waals surface area contributed by atoms with E-state index in [1.165, 1.54) is 24.3 Å². The lowest BCUT2D eigenvalue weighted by molar-refractivity contribution is 0.206. The molecule has 2 atom stereocenters. The molecule has 0 spiro atoms. The number of phosphoric acid groups is 1. The summed E-state index contributed by atoms with van der Waals surface area (Å²) in [6, 6.07) is 7.46. The first-order valence-electron chi connectivity index (χ1n) is 5.29. The predicted octanol–water partition coefficient (Wildman–Crippen LogP) is 1.41. The Hall–Kier alpha value is -0.530. The molecule has 0 saturated carbocycles. The van der Waals surface area contributed by atoms with E-state index < -0.39 is 37.6 Å². The zero-order valence-electron chi connectivity index (χ0n) is 10.4. The van der Waals surface area contributed by atoms with Gasteiger partial charge >= 0.3 is 15.4 Å². The van der Waals surface area contributed by atoms with Crippen molar-refractivity contribution in [3.63, 3.8) is 0 Å². The third-order valence-electron chi connectivity index (χ3n) is 1.96. The van der Waals surface area contributed by atoms with Crippen molar-refractivity contribution in [1.29, 1.82) is 0 Å². The smallest absolute Gasteiger partial charge is 0.324 e. The minimum atomic E-state index is -4.77. The number of benzene rings is 1. The van der Waals surface area contributed by atoms with Crippen molar-refractivity contribution in [2.45, 2.75) is 4.90 Å². The summed E-state index contributed by atoms with van der Waals surface area (Å²) in [5, 5.41) is 0. The highest BCUT2D eigenvalue weighted by atomic mass is 32.2. The second-order valence-electron chi connectivity index (χ2n) is 3.82. The van der Waals surface area contributed by atoms with Crippen LogP contribution in [0.2, 0.25) is 0 Å². The van der Waals surface area contributed by atoms with Crippen molar-refractivity contribution in [2.75, 3.05) is 19.0 Å². The van der Waals surface area contributed by atoms with Crippen LogP contribution in [0.25, 0.3) is 0 Å². The molecule has 0 aliphatic rings. The molecule has 0 amide bonds. The molecular formula is C9H14O8P2S. The maximum atomic E-state index is 11.8. The summed E-state index contributed by atoms with van der Waals surface area (Å²) in [5.74, 6) is -0.565. The summed E-state index contributed by atoms with van der Waals surface area (Å²) in [4.78, 5) is 17.9. The van der Waals surface area contributed by atoms with Gasteiger partial charge in [0.2, 0.25) is 0 Å². The third kappa shape index (κ3) is 6.28. The van der Waals surface area contributed by atoms with E-state index in [1.807, 2.05) is 0 Å². The lowest BCUT2D eigenvalue weighted by Gasteiger charge is -2.13. The normalized spacial score (nSPS) is 18.1. The standard InChI is InChI=1S/C9H14O8P2S/c1-18(10,11)17-19(12,13)16-7-8-20(14,15)9-5-3-2-4-6-9/h2-6H,7-8H2,1H3,(H,10,11)(H,12,13). The van der Waals surface area contributed by atoms with Gasteiger partial charge < -0.3 is 9.79 Å². The van der Waals surface area contributed by atoms with Gasteiger partial charge in [-0.05, 0) is 12.1 Å². The fourth-order valence-electron chi connectivity index (χ4n) is 1.22. The number of rotatable bonds is 7. The van der Waals surface area contributed by atoms with Crippen LogP contribution in [0.1, 0.15) is 0 Å². The SMILES string of the molecule is CP(=O)(O)OP(=O)(O)OCCS(=O)(=O)c1ccccc1. The molecular weight excluding hydrogens is 330 g/mol. The number of sulfone groups is 1. The van der Waals surface area contributed by atoms with Crippen molar-refractivity contribution in [3.05, 3.63) is 30.3 Å². The molecule has 0 aliphatic carbocycles. The Morgan fingerprint density at radius 3 is 2.20 bits per heavy atom. The van der Waals surface area contributed by atoms with E-state index in [-0.39, 0.29) is 4.90 Å². The molecule has 0 aromatic heterocycles. The second kappa shape index (κ2) is 6.49. The van der Waals surface area contributed by atoms with Crippen LogP contribution < -0.4 is 0 Å². The Labute approximate surface area is 116 Å². The van der Waals surface area contributed by atoms with Gasteiger partial charge in [0, 0.05) is 6.66 Å². The van der Waals surface area contributed by atoms with Crippen LogP contribution >= 0.6 is 15.4 Å². The van der Waals surface area contributed by atoms with Gasteiger partial charge in [0.25, 0.3) is 0 Å². The Morgan fingerprint density at radius 2 is 1.70 bits per heavy atom. The molecule has 0 radical (unpaired) electrons. The summed E-state index contributed by atoms with van der Waals surface area (Å²) < 4.78 is 54.0. The lowest BCUT2D eigenvalue weighted by Crippen LogP contribution is -2.12. The molecule has 8 nitrogen and oxygen atoms in total. The van der Waals surface area contributed by atoms with E-state index in [4.69, 9.17) is 9.79 Å². The quantitative estimate of drug-likeness (QED) is 0.711. The predicted molar refractivity (Wildman–Crippen MR) is 71.1 cm³/mol. The van der Waals surface area contributed by atoms with Crippen LogP contribution in [0.15, 0.2) is 35.2 Å². The monoisotopic (exact) mass is 344 g/mol. The summed E-state index contributed by atoms with van der Waals surface area (Å²) in [6.45, 7) is 0.0605. The average molecular weight is 344 g/mol. The van der Waals surface area contributed by atoms with Crippen LogP contribution in [0.3, 0.4) is 0 Å². The molecule has 0 saturated heterocycles. The van der Waals surface area contributed by atoms with Gasteiger partial charge in [-0.15, -0.1) is 0 Å². The summed E-state index contributed by atoms with van der Waals surface area (Å²) >= 11 is 0. The van der Waals surface area contributed by atoms with Crippen molar-refractivity contribution in [3.8, 4) is 0 Å². The largest absolute Gasteiger partial charge is 0.479 e. The van der Waals surface area contributed by atoms with E-state index in [2.05, 4.69) is 8.83 Å². The molecule has 0 fully saturated rings.